The first-order valence-electron chi connectivity index (χ1n) is 5.20. The number of nitrogens with zero attached hydrogens (tertiary/aromatic N) is 3. The molecule has 1 aromatic heterocycles. The molecule has 0 radical (unpaired) electrons. The van der Waals surface area contributed by atoms with Crippen LogP contribution < -0.4 is 10.5 Å². The molecule has 0 saturated heterocycles. The standard InChI is InChI=1S/C11H9ClN4O3/c12-8-3-1-2-7(4-8)6-19-10-9(16(17)18)5-14-11(13)15-10/h1-5H,6H2,(H2,13,14,15). The average molecular weight is 281 g/mol. The van der Waals surface area contributed by atoms with E-state index < -0.39 is 4.92 Å². The smallest absolute Gasteiger partial charge is 0.349 e. The molecule has 0 aliphatic rings. The molecule has 2 aromatic rings. The molecule has 0 aliphatic carbocycles. The van der Waals surface area contributed by atoms with Crippen molar-refractivity contribution in [2.75, 3.05) is 5.73 Å². The fourth-order valence-electron chi connectivity index (χ4n) is 1.38. The minimum atomic E-state index is -0.632. The summed E-state index contributed by atoms with van der Waals surface area (Å²) in [5.41, 5.74) is 5.80. The van der Waals surface area contributed by atoms with E-state index in [1.54, 1.807) is 24.3 Å². The number of nitrogens with two attached hydrogens (primary N) is 1. The highest BCUT2D eigenvalue weighted by molar-refractivity contribution is 6.30. The van der Waals surface area contributed by atoms with Gasteiger partial charge in [0.1, 0.15) is 12.8 Å². The molecule has 7 nitrogen and oxygen atoms in total. The maximum Gasteiger partial charge on any atom is 0.349 e. The molecule has 8 heteroatoms. The first-order chi connectivity index (χ1) is 9.06. The lowest BCUT2D eigenvalue weighted by Crippen LogP contribution is -2.04. The predicted molar refractivity (Wildman–Crippen MR) is 68.9 cm³/mol. The molecule has 98 valence electrons. The quantitative estimate of drug-likeness (QED) is 0.680. The summed E-state index contributed by atoms with van der Waals surface area (Å²) >= 11 is 5.82. The Morgan fingerprint density at radius 2 is 2.26 bits per heavy atom. The summed E-state index contributed by atoms with van der Waals surface area (Å²) in [6.45, 7) is 0.0951. The summed E-state index contributed by atoms with van der Waals surface area (Å²) in [7, 11) is 0. The van der Waals surface area contributed by atoms with Gasteiger partial charge in [-0.25, -0.2) is 4.98 Å². The van der Waals surface area contributed by atoms with Gasteiger partial charge in [-0.05, 0) is 17.7 Å². The number of halogens is 1. The molecule has 0 saturated carbocycles. The Bertz CT molecular complexity index is 621. The fraction of sp³-hybridized carbons (Fsp3) is 0.0909. The minimum Gasteiger partial charge on any atom is -0.468 e. The number of hydrogen-bond donors (Lipinski definition) is 1. The van der Waals surface area contributed by atoms with Crippen LogP contribution in [0.5, 0.6) is 5.88 Å². The Balaban J connectivity index is 2.19. The van der Waals surface area contributed by atoms with E-state index in [0.717, 1.165) is 11.8 Å². The van der Waals surface area contributed by atoms with E-state index in [0.29, 0.717) is 5.02 Å². The largest absolute Gasteiger partial charge is 0.468 e. The van der Waals surface area contributed by atoms with Crippen LogP contribution >= 0.6 is 11.6 Å². The van der Waals surface area contributed by atoms with Crippen molar-refractivity contribution in [3.05, 3.63) is 51.2 Å². The van der Waals surface area contributed by atoms with Crippen LogP contribution in [0, 0.1) is 10.1 Å². The first kappa shape index (κ1) is 13.0. The highest BCUT2D eigenvalue weighted by atomic mass is 35.5. The lowest BCUT2D eigenvalue weighted by atomic mass is 10.2. The van der Waals surface area contributed by atoms with Crippen LogP contribution in [0.4, 0.5) is 11.6 Å². The zero-order valence-electron chi connectivity index (χ0n) is 9.62. The van der Waals surface area contributed by atoms with Crippen molar-refractivity contribution in [2.45, 2.75) is 6.61 Å². The van der Waals surface area contributed by atoms with Gasteiger partial charge in [-0.2, -0.15) is 4.98 Å². The van der Waals surface area contributed by atoms with Crippen LogP contribution in [0.25, 0.3) is 0 Å². The zero-order valence-corrected chi connectivity index (χ0v) is 10.4. The fourth-order valence-corrected chi connectivity index (χ4v) is 1.60. The molecule has 19 heavy (non-hydrogen) atoms. The van der Waals surface area contributed by atoms with Gasteiger partial charge in [0.25, 0.3) is 5.88 Å². The summed E-state index contributed by atoms with van der Waals surface area (Å²) in [5, 5.41) is 11.3. The Hall–Kier alpha value is -2.41. The number of hydrogen-bond acceptors (Lipinski definition) is 6. The summed E-state index contributed by atoms with van der Waals surface area (Å²) in [4.78, 5) is 17.4. The van der Waals surface area contributed by atoms with E-state index in [1.807, 2.05) is 0 Å². The van der Waals surface area contributed by atoms with Crippen LogP contribution in [-0.4, -0.2) is 14.9 Å². The molecule has 1 aromatic carbocycles. The Kier molecular flexibility index (Phi) is 3.76. The normalized spacial score (nSPS) is 10.2. The van der Waals surface area contributed by atoms with Gasteiger partial charge < -0.3 is 10.5 Å². The second-order valence-corrected chi connectivity index (χ2v) is 4.03. The monoisotopic (exact) mass is 280 g/mol. The van der Waals surface area contributed by atoms with Crippen LogP contribution in [0.3, 0.4) is 0 Å². The van der Waals surface area contributed by atoms with E-state index in [4.69, 9.17) is 22.1 Å². The van der Waals surface area contributed by atoms with Crippen LogP contribution in [0.1, 0.15) is 5.56 Å². The Morgan fingerprint density at radius 3 is 2.95 bits per heavy atom. The average Bonchev–Trinajstić information content (AvgIpc) is 2.36. The Morgan fingerprint density at radius 1 is 1.47 bits per heavy atom. The highest BCUT2D eigenvalue weighted by Crippen LogP contribution is 2.24. The third kappa shape index (κ3) is 3.29. The molecule has 2 rings (SSSR count). The van der Waals surface area contributed by atoms with Gasteiger partial charge in [-0.15, -0.1) is 0 Å². The molecule has 0 spiro atoms. The van der Waals surface area contributed by atoms with Gasteiger partial charge in [0.2, 0.25) is 5.95 Å². The molecule has 0 fully saturated rings. The topological polar surface area (TPSA) is 104 Å². The summed E-state index contributed by atoms with van der Waals surface area (Å²) in [6, 6.07) is 6.94. The molecule has 0 bridgehead atoms. The summed E-state index contributed by atoms with van der Waals surface area (Å²) < 4.78 is 5.29. The van der Waals surface area contributed by atoms with Gasteiger partial charge in [0.15, 0.2) is 0 Å². The Labute approximate surface area is 113 Å². The number of ether oxygens (including phenoxy) is 1. The van der Waals surface area contributed by atoms with Gasteiger partial charge in [0.05, 0.1) is 4.92 Å². The molecular weight excluding hydrogens is 272 g/mol. The van der Waals surface area contributed by atoms with E-state index in [-0.39, 0.29) is 24.1 Å². The molecule has 0 unspecified atom stereocenters. The molecular formula is C11H9ClN4O3. The van der Waals surface area contributed by atoms with Gasteiger partial charge in [-0.3, -0.25) is 10.1 Å². The molecule has 0 atom stereocenters. The third-order valence-corrected chi connectivity index (χ3v) is 2.45. The number of anilines is 1. The minimum absolute atomic E-state index is 0.0910. The molecule has 1 heterocycles. The second-order valence-electron chi connectivity index (χ2n) is 3.59. The van der Waals surface area contributed by atoms with Crippen molar-refractivity contribution in [1.29, 1.82) is 0 Å². The van der Waals surface area contributed by atoms with Crippen molar-refractivity contribution in [3.8, 4) is 5.88 Å². The summed E-state index contributed by atoms with van der Waals surface area (Å²) in [6.07, 6.45) is 1.01. The van der Waals surface area contributed by atoms with E-state index in [2.05, 4.69) is 9.97 Å². The van der Waals surface area contributed by atoms with Crippen molar-refractivity contribution in [2.24, 2.45) is 0 Å². The first-order valence-corrected chi connectivity index (χ1v) is 5.58. The number of aromatic nitrogens is 2. The molecule has 0 aliphatic heterocycles. The maximum absolute atomic E-state index is 10.8. The number of rotatable bonds is 4. The van der Waals surface area contributed by atoms with Gasteiger partial charge >= 0.3 is 5.69 Å². The maximum atomic E-state index is 10.8. The predicted octanol–water partition coefficient (Wildman–Crippen LogP) is 2.20. The van der Waals surface area contributed by atoms with Crippen LogP contribution in [0.2, 0.25) is 5.02 Å². The van der Waals surface area contributed by atoms with E-state index in [1.165, 1.54) is 0 Å². The van der Waals surface area contributed by atoms with Crippen molar-refractivity contribution in [1.82, 2.24) is 9.97 Å². The zero-order chi connectivity index (χ0) is 13.8. The van der Waals surface area contributed by atoms with Crippen LogP contribution in [0.15, 0.2) is 30.5 Å². The third-order valence-electron chi connectivity index (χ3n) is 2.22. The lowest BCUT2D eigenvalue weighted by molar-refractivity contribution is -0.386. The number of benzene rings is 1. The molecule has 2 N–H and O–H groups in total. The highest BCUT2D eigenvalue weighted by Gasteiger charge is 2.18. The summed E-state index contributed by atoms with van der Waals surface area (Å²) in [5.74, 6) is -0.260. The van der Waals surface area contributed by atoms with Crippen molar-refractivity contribution in [3.63, 3.8) is 0 Å². The number of nitrogen functional groups attached to an aromatic ring is 1. The van der Waals surface area contributed by atoms with E-state index in [9.17, 15) is 10.1 Å². The van der Waals surface area contributed by atoms with E-state index >= 15 is 0 Å². The van der Waals surface area contributed by atoms with Crippen molar-refractivity contribution < 1.29 is 9.66 Å². The van der Waals surface area contributed by atoms with Crippen molar-refractivity contribution >= 4 is 23.2 Å². The number of nitro groups is 1. The van der Waals surface area contributed by atoms with Crippen LogP contribution in [-0.2, 0) is 6.61 Å². The second kappa shape index (κ2) is 5.49. The van der Waals surface area contributed by atoms with Gasteiger partial charge in [0, 0.05) is 5.02 Å². The molecule has 0 amide bonds. The SMILES string of the molecule is Nc1ncc([N+](=O)[O-])c(OCc2cccc(Cl)c2)n1. The lowest BCUT2D eigenvalue weighted by Gasteiger charge is -2.06. The van der Waals surface area contributed by atoms with Gasteiger partial charge in [-0.1, -0.05) is 23.7 Å².